The highest BCUT2D eigenvalue weighted by atomic mass is 16.3. The monoisotopic (exact) mass is 432 g/mol. The van der Waals surface area contributed by atoms with Crippen LogP contribution < -0.4 is 0 Å². The van der Waals surface area contributed by atoms with Crippen LogP contribution in [0.25, 0.3) is 0 Å². The maximum atomic E-state index is 11.2. The summed E-state index contributed by atoms with van der Waals surface area (Å²) in [6.45, 7) is 14.9. The van der Waals surface area contributed by atoms with Crippen molar-refractivity contribution in [2.45, 2.75) is 124 Å². The summed E-state index contributed by atoms with van der Waals surface area (Å²) >= 11 is 0. The number of rotatable bonds is 6. The molecule has 4 fully saturated rings. The van der Waals surface area contributed by atoms with Crippen LogP contribution in [0.5, 0.6) is 0 Å². The van der Waals surface area contributed by atoms with Crippen LogP contribution >= 0.6 is 0 Å². The van der Waals surface area contributed by atoms with Gasteiger partial charge in [-0.2, -0.15) is 0 Å². The molecule has 4 aliphatic carbocycles. The van der Waals surface area contributed by atoms with Gasteiger partial charge >= 0.3 is 0 Å². The molecule has 0 aliphatic heterocycles. The van der Waals surface area contributed by atoms with Gasteiger partial charge in [-0.3, -0.25) is 0 Å². The Morgan fingerprint density at radius 2 is 1.48 bits per heavy atom. The first-order chi connectivity index (χ1) is 14.6. The Kier molecular flexibility index (Phi) is 6.93. The van der Waals surface area contributed by atoms with E-state index in [0.717, 1.165) is 61.2 Å². The molecule has 0 bridgehead atoms. The van der Waals surface area contributed by atoms with Gasteiger partial charge in [0.1, 0.15) is 0 Å². The van der Waals surface area contributed by atoms with Gasteiger partial charge in [-0.15, -0.1) is 0 Å². The molecular weight excluding hydrogens is 380 g/mol. The van der Waals surface area contributed by atoms with Crippen LogP contribution in [0, 0.1) is 58.2 Å². The Morgan fingerprint density at radius 1 is 0.806 bits per heavy atom. The van der Waals surface area contributed by atoms with Gasteiger partial charge in [0.2, 0.25) is 0 Å². The second-order valence-electron chi connectivity index (χ2n) is 13.4. The normalized spacial score (nSPS) is 49.3. The summed E-state index contributed by atoms with van der Waals surface area (Å²) in [5.74, 6) is 6.01. The van der Waals surface area contributed by atoms with E-state index in [1.54, 1.807) is 0 Å². The molecule has 0 heterocycles. The van der Waals surface area contributed by atoms with Gasteiger partial charge in [0, 0.05) is 0 Å². The first kappa shape index (κ1) is 24.1. The topological polar surface area (TPSA) is 40.5 Å². The van der Waals surface area contributed by atoms with Gasteiger partial charge < -0.3 is 10.2 Å². The minimum atomic E-state index is -0.198. The minimum Gasteiger partial charge on any atom is -0.393 e. The van der Waals surface area contributed by atoms with E-state index in [1.165, 1.54) is 44.9 Å². The number of aliphatic hydroxyl groups is 2. The summed E-state index contributed by atoms with van der Waals surface area (Å²) in [6.07, 6.45) is 13.2. The van der Waals surface area contributed by atoms with Crippen molar-refractivity contribution in [3.05, 3.63) is 0 Å². The van der Waals surface area contributed by atoms with Crippen LogP contribution in [0.15, 0.2) is 0 Å². The summed E-state index contributed by atoms with van der Waals surface area (Å²) in [5, 5.41) is 21.5. The largest absolute Gasteiger partial charge is 0.393 e. The van der Waals surface area contributed by atoms with E-state index in [4.69, 9.17) is 0 Å². The standard InChI is InChI=1S/C29H52O2/c1-7-20(18(2)3)9-8-19(4)23-10-11-24-22-17-27(31)26-16-21(30)12-14-29(26,6)25(22)13-15-28(23,24)5/h18-27,30-31H,7-17H2,1-6H3/t19-,20+,21+,22+,23-,24-,25+,26-,27+,28-,29-/m1/s1. The van der Waals surface area contributed by atoms with E-state index >= 15 is 0 Å². The zero-order valence-corrected chi connectivity index (χ0v) is 21.4. The highest BCUT2D eigenvalue weighted by molar-refractivity contribution is 5.11. The van der Waals surface area contributed by atoms with E-state index in [0.29, 0.717) is 17.3 Å². The van der Waals surface area contributed by atoms with E-state index in [2.05, 4.69) is 41.5 Å². The fraction of sp³-hybridized carbons (Fsp3) is 1.00. The molecule has 2 heteroatoms. The lowest BCUT2D eigenvalue weighted by molar-refractivity contribution is -0.172. The third kappa shape index (κ3) is 4.05. The Balaban J connectivity index is 1.48. The van der Waals surface area contributed by atoms with E-state index in [-0.39, 0.29) is 17.6 Å². The highest BCUT2D eigenvalue weighted by Gasteiger charge is 2.62. The Hall–Kier alpha value is -0.0800. The third-order valence-electron chi connectivity index (χ3n) is 11.9. The van der Waals surface area contributed by atoms with Crippen molar-refractivity contribution in [3.8, 4) is 0 Å². The molecule has 11 atom stereocenters. The molecule has 4 saturated carbocycles. The molecule has 0 aromatic carbocycles. The number of hydrogen-bond acceptors (Lipinski definition) is 2. The fourth-order valence-electron chi connectivity index (χ4n) is 9.94. The average molecular weight is 433 g/mol. The average Bonchev–Trinajstić information content (AvgIpc) is 3.07. The van der Waals surface area contributed by atoms with Crippen LogP contribution in [-0.4, -0.2) is 22.4 Å². The van der Waals surface area contributed by atoms with Gasteiger partial charge in [0.25, 0.3) is 0 Å². The molecule has 31 heavy (non-hydrogen) atoms. The molecule has 0 spiro atoms. The van der Waals surface area contributed by atoms with Crippen molar-refractivity contribution in [1.82, 2.24) is 0 Å². The Labute approximate surface area is 193 Å². The summed E-state index contributed by atoms with van der Waals surface area (Å²) < 4.78 is 0. The van der Waals surface area contributed by atoms with Crippen molar-refractivity contribution >= 4 is 0 Å². The Bertz CT molecular complexity index is 616. The molecule has 0 aromatic heterocycles. The van der Waals surface area contributed by atoms with Crippen molar-refractivity contribution < 1.29 is 10.2 Å². The molecule has 4 rings (SSSR count). The maximum absolute atomic E-state index is 11.2. The minimum absolute atomic E-state index is 0.187. The third-order valence-corrected chi connectivity index (χ3v) is 11.9. The second kappa shape index (κ2) is 8.94. The molecular formula is C29H52O2. The van der Waals surface area contributed by atoms with Crippen molar-refractivity contribution in [2.24, 2.45) is 58.2 Å². The van der Waals surface area contributed by atoms with E-state index in [1.807, 2.05) is 0 Å². The van der Waals surface area contributed by atoms with Crippen LogP contribution in [-0.2, 0) is 0 Å². The van der Waals surface area contributed by atoms with E-state index in [9.17, 15) is 10.2 Å². The fourth-order valence-corrected chi connectivity index (χ4v) is 9.94. The molecule has 2 N–H and O–H groups in total. The molecule has 180 valence electrons. The van der Waals surface area contributed by atoms with Crippen molar-refractivity contribution in [1.29, 1.82) is 0 Å². The van der Waals surface area contributed by atoms with Crippen molar-refractivity contribution in [3.63, 3.8) is 0 Å². The van der Waals surface area contributed by atoms with Gasteiger partial charge in [-0.1, -0.05) is 54.4 Å². The molecule has 0 saturated heterocycles. The van der Waals surface area contributed by atoms with Crippen LogP contribution in [0.1, 0.15) is 112 Å². The molecule has 2 nitrogen and oxygen atoms in total. The smallest absolute Gasteiger partial charge is 0.0577 e. The van der Waals surface area contributed by atoms with Crippen LogP contribution in [0.4, 0.5) is 0 Å². The quantitative estimate of drug-likeness (QED) is 0.471. The lowest BCUT2D eigenvalue weighted by Gasteiger charge is -2.62. The summed E-state index contributed by atoms with van der Waals surface area (Å²) in [5.41, 5.74) is 0.732. The zero-order chi connectivity index (χ0) is 22.6. The SMILES string of the molecule is CC[C@@H](CC[C@@H](C)[C@H]1CC[C@@H]2[C@@H]3C[C@H](O)[C@H]4C[C@@H](O)CC[C@]4(C)[C@H]3CC[C@@]21C)C(C)C. The molecule has 0 aromatic rings. The van der Waals surface area contributed by atoms with E-state index < -0.39 is 0 Å². The first-order valence-electron chi connectivity index (χ1n) is 14.0. The molecule has 0 amide bonds. The molecule has 0 unspecified atom stereocenters. The number of hydrogen-bond donors (Lipinski definition) is 2. The van der Waals surface area contributed by atoms with Gasteiger partial charge in [0.15, 0.2) is 0 Å². The lowest BCUT2D eigenvalue weighted by Crippen LogP contribution is -2.58. The maximum Gasteiger partial charge on any atom is 0.0577 e. The van der Waals surface area contributed by atoms with Crippen LogP contribution in [0.2, 0.25) is 0 Å². The van der Waals surface area contributed by atoms with Gasteiger partial charge in [-0.05, 0) is 116 Å². The summed E-state index contributed by atoms with van der Waals surface area (Å²) in [6, 6.07) is 0. The predicted octanol–water partition coefficient (Wildman–Crippen LogP) is 7.08. The summed E-state index contributed by atoms with van der Waals surface area (Å²) in [4.78, 5) is 0. The highest BCUT2D eigenvalue weighted by Crippen LogP contribution is 2.68. The Morgan fingerprint density at radius 3 is 2.16 bits per heavy atom. The first-order valence-corrected chi connectivity index (χ1v) is 14.0. The number of aliphatic hydroxyl groups excluding tert-OH is 2. The van der Waals surface area contributed by atoms with Crippen molar-refractivity contribution in [2.75, 3.05) is 0 Å². The lowest BCUT2D eigenvalue weighted by atomic mass is 9.43. The second-order valence-corrected chi connectivity index (χ2v) is 13.4. The molecule has 0 radical (unpaired) electrons. The molecule has 4 aliphatic rings. The summed E-state index contributed by atoms with van der Waals surface area (Å²) in [7, 11) is 0. The van der Waals surface area contributed by atoms with Gasteiger partial charge in [-0.25, -0.2) is 0 Å². The van der Waals surface area contributed by atoms with Gasteiger partial charge in [0.05, 0.1) is 12.2 Å². The zero-order valence-electron chi connectivity index (χ0n) is 21.4. The van der Waals surface area contributed by atoms with Crippen LogP contribution in [0.3, 0.4) is 0 Å². The number of fused-ring (bicyclic) bond motifs is 5. The predicted molar refractivity (Wildman–Crippen MR) is 130 cm³/mol.